The van der Waals surface area contributed by atoms with Gasteiger partial charge in [-0.05, 0) is 18.6 Å². The highest BCUT2D eigenvalue weighted by Crippen LogP contribution is 2.20. The van der Waals surface area contributed by atoms with Crippen molar-refractivity contribution < 1.29 is 4.74 Å². The fourth-order valence-corrected chi connectivity index (χ4v) is 1.73. The molecule has 0 saturated carbocycles. The van der Waals surface area contributed by atoms with Gasteiger partial charge in [0.25, 0.3) is 0 Å². The summed E-state index contributed by atoms with van der Waals surface area (Å²) in [6, 6.07) is 3.81. The van der Waals surface area contributed by atoms with Crippen LogP contribution in [0.4, 0.5) is 5.82 Å². The van der Waals surface area contributed by atoms with Crippen LogP contribution < -0.4 is 10.1 Å². The molecule has 0 aromatic carbocycles. The van der Waals surface area contributed by atoms with E-state index in [0.717, 1.165) is 36.0 Å². The molecular formula is C13H18N2OS. The minimum Gasteiger partial charge on any atom is -0.490 e. The Labute approximate surface area is 107 Å². The highest BCUT2D eigenvalue weighted by atomic mass is 32.2. The van der Waals surface area contributed by atoms with Gasteiger partial charge in [-0.25, -0.2) is 4.98 Å². The van der Waals surface area contributed by atoms with Gasteiger partial charge in [0.15, 0.2) is 11.6 Å². The van der Waals surface area contributed by atoms with E-state index in [1.807, 2.05) is 12.1 Å². The first-order chi connectivity index (χ1) is 8.38. The summed E-state index contributed by atoms with van der Waals surface area (Å²) < 4.78 is 5.60. The van der Waals surface area contributed by atoms with Crippen molar-refractivity contribution in [3.63, 3.8) is 0 Å². The normalized spacial score (nSPS) is 9.65. The van der Waals surface area contributed by atoms with Gasteiger partial charge in [-0.1, -0.05) is 12.8 Å². The second kappa shape index (κ2) is 8.77. The molecule has 0 amide bonds. The molecule has 1 N–H and O–H groups in total. The van der Waals surface area contributed by atoms with Crippen molar-refractivity contribution in [2.24, 2.45) is 0 Å². The Morgan fingerprint density at radius 3 is 3.24 bits per heavy atom. The van der Waals surface area contributed by atoms with E-state index in [1.165, 1.54) is 0 Å². The number of anilines is 1. The molecule has 0 aliphatic carbocycles. The summed E-state index contributed by atoms with van der Waals surface area (Å²) in [5, 5.41) is 3.26. The lowest BCUT2D eigenvalue weighted by atomic mass is 10.4. The number of hydrogen-bond acceptors (Lipinski definition) is 4. The number of nitrogens with zero attached hydrogens (tertiary/aromatic N) is 1. The van der Waals surface area contributed by atoms with Gasteiger partial charge in [0.2, 0.25) is 0 Å². The van der Waals surface area contributed by atoms with Crippen LogP contribution in [0.2, 0.25) is 0 Å². The van der Waals surface area contributed by atoms with Gasteiger partial charge in [0, 0.05) is 18.5 Å². The lowest BCUT2D eigenvalue weighted by molar-refractivity contribution is 0.318. The van der Waals surface area contributed by atoms with Gasteiger partial charge >= 0.3 is 0 Å². The van der Waals surface area contributed by atoms with Crippen LogP contribution >= 0.6 is 11.8 Å². The van der Waals surface area contributed by atoms with E-state index in [0.29, 0.717) is 6.61 Å². The number of pyridine rings is 1. The van der Waals surface area contributed by atoms with Crippen LogP contribution in [-0.4, -0.2) is 29.6 Å². The van der Waals surface area contributed by atoms with E-state index in [1.54, 1.807) is 18.0 Å². The van der Waals surface area contributed by atoms with Crippen LogP contribution in [0.3, 0.4) is 0 Å². The van der Waals surface area contributed by atoms with Crippen molar-refractivity contribution in [1.82, 2.24) is 4.98 Å². The minimum absolute atomic E-state index is 0.715. The Bertz CT molecular complexity index is 363. The fraction of sp³-hybridized carbons (Fsp3) is 0.462. The largest absolute Gasteiger partial charge is 0.490 e. The van der Waals surface area contributed by atoms with Crippen molar-refractivity contribution in [2.45, 2.75) is 13.3 Å². The predicted molar refractivity (Wildman–Crippen MR) is 74.7 cm³/mol. The molecule has 0 unspecified atom stereocenters. The van der Waals surface area contributed by atoms with Crippen molar-refractivity contribution in [3.8, 4) is 18.1 Å². The minimum atomic E-state index is 0.715. The van der Waals surface area contributed by atoms with Gasteiger partial charge < -0.3 is 10.1 Å². The third-order valence-corrected chi connectivity index (χ3v) is 2.82. The van der Waals surface area contributed by atoms with E-state index < -0.39 is 0 Å². The quantitative estimate of drug-likeness (QED) is 0.568. The first-order valence-electron chi connectivity index (χ1n) is 5.71. The van der Waals surface area contributed by atoms with Crippen LogP contribution in [0.5, 0.6) is 5.75 Å². The number of hydrogen-bond donors (Lipinski definition) is 1. The SMILES string of the molecule is C#CCSCCNc1ncccc1OCCC. The average molecular weight is 250 g/mol. The van der Waals surface area contributed by atoms with Crippen LogP contribution in [0.1, 0.15) is 13.3 Å². The number of ether oxygens (including phenoxy) is 1. The molecule has 0 aliphatic rings. The lowest BCUT2D eigenvalue weighted by Crippen LogP contribution is -2.08. The number of rotatable bonds is 8. The zero-order valence-electron chi connectivity index (χ0n) is 10.1. The van der Waals surface area contributed by atoms with E-state index in [-0.39, 0.29) is 0 Å². The third-order valence-electron chi connectivity index (χ3n) is 1.96. The third kappa shape index (κ3) is 5.50. The first kappa shape index (κ1) is 13.7. The molecule has 0 atom stereocenters. The molecule has 0 saturated heterocycles. The highest BCUT2D eigenvalue weighted by molar-refractivity contribution is 7.99. The van der Waals surface area contributed by atoms with E-state index in [2.05, 4.69) is 23.1 Å². The van der Waals surface area contributed by atoms with E-state index >= 15 is 0 Å². The molecule has 0 bridgehead atoms. The molecule has 1 heterocycles. The summed E-state index contributed by atoms with van der Waals surface area (Å²) in [5.74, 6) is 5.94. The predicted octanol–water partition coefficient (Wildman–Crippen LogP) is 2.65. The maximum atomic E-state index is 5.60. The Morgan fingerprint density at radius 1 is 1.59 bits per heavy atom. The Balaban J connectivity index is 2.38. The van der Waals surface area contributed by atoms with Gasteiger partial charge in [-0.3, -0.25) is 0 Å². The van der Waals surface area contributed by atoms with Crippen molar-refractivity contribution in [1.29, 1.82) is 0 Å². The van der Waals surface area contributed by atoms with Crippen LogP contribution in [0.25, 0.3) is 0 Å². The number of nitrogens with one attached hydrogen (secondary N) is 1. The van der Waals surface area contributed by atoms with Crippen molar-refractivity contribution >= 4 is 17.6 Å². The van der Waals surface area contributed by atoms with Gasteiger partial charge in [0.1, 0.15) is 0 Å². The molecule has 0 fully saturated rings. The molecule has 3 nitrogen and oxygen atoms in total. The summed E-state index contributed by atoms with van der Waals surface area (Å²) in [4.78, 5) is 4.26. The molecule has 0 radical (unpaired) electrons. The van der Waals surface area contributed by atoms with E-state index in [9.17, 15) is 0 Å². The topological polar surface area (TPSA) is 34.2 Å². The van der Waals surface area contributed by atoms with Crippen molar-refractivity contribution in [3.05, 3.63) is 18.3 Å². The lowest BCUT2D eigenvalue weighted by Gasteiger charge is -2.11. The number of terminal acetylenes is 1. The fourth-order valence-electron chi connectivity index (χ4n) is 1.22. The standard InChI is InChI=1S/C13H18N2OS/c1-3-9-16-12-6-5-7-14-13(12)15-8-11-17-10-4-2/h2,5-7H,3,8-11H2,1H3,(H,14,15). The molecule has 1 rings (SSSR count). The number of thioether (sulfide) groups is 1. The van der Waals surface area contributed by atoms with Crippen LogP contribution in [0, 0.1) is 12.3 Å². The first-order valence-corrected chi connectivity index (χ1v) is 6.86. The van der Waals surface area contributed by atoms with E-state index in [4.69, 9.17) is 11.2 Å². The molecule has 92 valence electrons. The summed E-state index contributed by atoms with van der Waals surface area (Å²) in [7, 11) is 0. The Hall–Kier alpha value is -1.34. The molecular weight excluding hydrogens is 232 g/mol. The molecule has 0 aliphatic heterocycles. The maximum Gasteiger partial charge on any atom is 0.168 e. The molecule has 4 heteroatoms. The van der Waals surface area contributed by atoms with Gasteiger partial charge in [0.05, 0.1) is 12.4 Å². The zero-order chi connectivity index (χ0) is 12.3. The maximum absolute atomic E-state index is 5.60. The monoisotopic (exact) mass is 250 g/mol. The van der Waals surface area contributed by atoms with Crippen LogP contribution in [0.15, 0.2) is 18.3 Å². The highest BCUT2D eigenvalue weighted by Gasteiger charge is 2.02. The summed E-state index contributed by atoms with van der Waals surface area (Å²) >= 11 is 1.73. The van der Waals surface area contributed by atoms with Gasteiger partial charge in [-0.2, -0.15) is 0 Å². The summed E-state index contributed by atoms with van der Waals surface area (Å²) in [6.45, 7) is 3.64. The summed E-state index contributed by atoms with van der Waals surface area (Å²) in [5.41, 5.74) is 0. The number of aromatic nitrogens is 1. The zero-order valence-corrected chi connectivity index (χ0v) is 10.9. The second-order valence-corrected chi connectivity index (χ2v) is 4.49. The smallest absolute Gasteiger partial charge is 0.168 e. The van der Waals surface area contributed by atoms with Crippen molar-refractivity contribution in [2.75, 3.05) is 30.0 Å². The molecule has 1 aromatic rings. The Kier molecular flexibility index (Phi) is 7.08. The molecule has 0 spiro atoms. The average Bonchev–Trinajstić information content (AvgIpc) is 2.37. The molecule has 1 aromatic heterocycles. The molecule has 17 heavy (non-hydrogen) atoms. The summed E-state index contributed by atoms with van der Waals surface area (Å²) in [6.07, 6.45) is 7.93. The van der Waals surface area contributed by atoms with Gasteiger partial charge in [-0.15, -0.1) is 18.2 Å². The Morgan fingerprint density at radius 2 is 2.47 bits per heavy atom. The van der Waals surface area contributed by atoms with Crippen LogP contribution in [-0.2, 0) is 0 Å². The second-order valence-electron chi connectivity index (χ2n) is 3.38.